The lowest BCUT2D eigenvalue weighted by atomic mass is 9.94. The average molecular weight is 452 g/mol. The zero-order chi connectivity index (χ0) is 24.1. The van der Waals surface area contributed by atoms with E-state index >= 15 is 0 Å². The minimum atomic E-state index is -0.669. The Morgan fingerprint density at radius 2 is 1.76 bits per heavy atom. The van der Waals surface area contributed by atoms with Crippen molar-refractivity contribution in [2.45, 2.75) is 47.1 Å². The van der Waals surface area contributed by atoms with Crippen molar-refractivity contribution < 1.29 is 24.2 Å². The first-order valence-electron chi connectivity index (χ1n) is 11.5. The van der Waals surface area contributed by atoms with E-state index in [1.54, 1.807) is 18.2 Å². The molecule has 0 aromatic heterocycles. The van der Waals surface area contributed by atoms with Gasteiger partial charge in [0.15, 0.2) is 0 Å². The number of Topliss-reactive ketones (excluding diaryl/α,β-unsaturated/α-hetero) is 1. The highest BCUT2D eigenvalue weighted by atomic mass is 16.5. The molecule has 1 atom stereocenters. The van der Waals surface area contributed by atoms with E-state index in [9.17, 15) is 14.7 Å². The molecular weight excluding hydrogens is 418 g/mol. The topological polar surface area (TPSA) is 76.1 Å². The number of aliphatic hydroxyl groups excluding tert-OH is 1. The summed E-state index contributed by atoms with van der Waals surface area (Å²) in [5.74, 6) is 0.394. The molecule has 1 heterocycles. The summed E-state index contributed by atoms with van der Waals surface area (Å²) in [6.45, 7) is 11.5. The van der Waals surface area contributed by atoms with Gasteiger partial charge in [0.25, 0.3) is 11.7 Å². The summed E-state index contributed by atoms with van der Waals surface area (Å²) in [7, 11) is 0. The average Bonchev–Trinajstić information content (AvgIpc) is 3.03. The fourth-order valence-corrected chi connectivity index (χ4v) is 3.98. The molecule has 3 rings (SSSR count). The number of ketones is 1. The molecule has 0 saturated carbocycles. The lowest BCUT2D eigenvalue weighted by molar-refractivity contribution is -0.139. The minimum Gasteiger partial charge on any atom is -0.507 e. The van der Waals surface area contributed by atoms with Crippen LogP contribution in [0.25, 0.3) is 5.76 Å². The number of rotatable bonds is 9. The van der Waals surface area contributed by atoms with Gasteiger partial charge in [0.2, 0.25) is 0 Å². The van der Waals surface area contributed by atoms with Crippen molar-refractivity contribution >= 4 is 17.4 Å². The molecule has 0 aliphatic carbocycles. The molecule has 1 amide bonds. The van der Waals surface area contributed by atoms with Crippen molar-refractivity contribution in [2.75, 3.05) is 19.8 Å². The Kier molecular flexibility index (Phi) is 7.79. The number of aliphatic hydroxyl groups is 1. The molecule has 1 aliphatic heterocycles. The molecule has 33 heavy (non-hydrogen) atoms. The summed E-state index contributed by atoms with van der Waals surface area (Å²) in [5, 5.41) is 11.2. The third-order valence-electron chi connectivity index (χ3n) is 5.53. The molecule has 1 N–H and O–H groups in total. The van der Waals surface area contributed by atoms with E-state index in [4.69, 9.17) is 9.47 Å². The first-order valence-corrected chi connectivity index (χ1v) is 11.5. The van der Waals surface area contributed by atoms with Gasteiger partial charge >= 0.3 is 0 Å². The molecule has 0 bridgehead atoms. The van der Waals surface area contributed by atoms with Gasteiger partial charge in [0.1, 0.15) is 17.3 Å². The van der Waals surface area contributed by atoms with Crippen LogP contribution in [0.5, 0.6) is 11.5 Å². The molecule has 6 nitrogen and oxygen atoms in total. The van der Waals surface area contributed by atoms with Crippen molar-refractivity contribution in [3.8, 4) is 11.5 Å². The molecule has 1 fully saturated rings. The van der Waals surface area contributed by atoms with Gasteiger partial charge in [0, 0.05) is 12.1 Å². The van der Waals surface area contributed by atoms with Gasteiger partial charge in [-0.15, -0.1) is 0 Å². The second kappa shape index (κ2) is 10.6. The van der Waals surface area contributed by atoms with Crippen molar-refractivity contribution in [3.63, 3.8) is 0 Å². The molecule has 176 valence electrons. The largest absolute Gasteiger partial charge is 0.507 e. The van der Waals surface area contributed by atoms with Crippen LogP contribution < -0.4 is 9.47 Å². The van der Waals surface area contributed by atoms with Crippen LogP contribution in [0.15, 0.2) is 48.0 Å². The number of hydrogen-bond acceptors (Lipinski definition) is 5. The minimum absolute atomic E-state index is 0.104. The van der Waals surface area contributed by atoms with Crippen LogP contribution in [0.3, 0.4) is 0 Å². The van der Waals surface area contributed by atoms with Crippen LogP contribution in [-0.2, 0) is 9.59 Å². The summed E-state index contributed by atoms with van der Waals surface area (Å²) in [6.07, 6.45) is 0.696. The van der Waals surface area contributed by atoms with Gasteiger partial charge in [-0.3, -0.25) is 9.59 Å². The van der Waals surface area contributed by atoms with Crippen LogP contribution in [0, 0.1) is 12.8 Å². The zero-order valence-electron chi connectivity index (χ0n) is 20.1. The third-order valence-corrected chi connectivity index (χ3v) is 5.53. The van der Waals surface area contributed by atoms with Crippen molar-refractivity contribution in [2.24, 2.45) is 5.92 Å². The number of hydrogen-bond donors (Lipinski definition) is 1. The predicted octanol–water partition coefficient (Wildman–Crippen LogP) is 5.26. The lowest BCUT2D eigenvalue weighted by Crippen LogP contribution is -2.30. The Hall–Kier alpha value is -3.28. The molecule has 6 heteroatoms. The molecular formula is C27H33NO5. The van der Waals surface area contributed by atoms with Gasteiger partial charge in [0.05, 0.1) is 24.8 Å². The highest BCUT2D eigenvalue weighted by Gasteiger charge is 2.45. The van der Waals surface area contributed by atoms with Crippen LogP contribution >= 0.6 is 0 Å². The summed E-state index contributed by atoms with van der Waals surface area (Å²) >= 11 is 0. The Labute approximate surface area is 195 Å². The van der Waals surface area contributed by atoms with E-state index in [1.807, 2.05) is 45.0 Å². The maximum Gasteiger partial charge on any atom is 0.295 e. The maximum atomic E-state index is 13.0. The van der Waals surface area contributed by atoms with Gasteiger partial charge in [-0.2, -0.15) is 0 Å². The molecule has 0 spiro atoms. The third kappa shape index (κ3) is 5.21. The molecule has 2 aromatic carbocycles. The van der Waals surface area contributed by atoms with E-state index in [2.05, 4.69) is 13.8 Å². The van der Waals surface area contributed by atoms with Crippen LogP contribution in [-0.4, -0.2) is 41.5 Å². The Morgan fingerprint density at radius 1 is 1.06 bits per heavy atom. The SMILES string of the molecule is CCCN1C(=O)C(=O)/C(=C(\O)c2ccc(OCC(C)C)c(C)c2)C1c1ccc(OCC)cc1. The molecule has 2 aromatic rings. The van der Waals surface area contributed by atoms with E-state index in [0.717, 1.165) is 16.9 Å². The van der Waals surface area contributed by atoms with E-state index in [1.165, 1.54) is 4.90 Å². The predicted molar refractivity (Wildman–Crippen MR) is 128 cm³/mol. The number of aryl methyl sites for hydroxylation is 1. The van der Waals surface area contributed by atoms with Crippen LogP contribution in [0.1, 0.15) is 56.8 Å². The Morgan fingerprint density at radius 3 is 2.33 bits per heavy atom. The van der Waals surface area contributed by atoms with Gasteiger partial charge in [-0.1, -0.05) is 32.9 Å². The van der Waals surface area contributed by atoms with Crippen molar-refractivity contribution in [1.29, 1.82) is 0 Å². The summed E-state index contributed by atoms with van der Waals surface area (Å²) in [4.78, 5) is 27.4. The highest BCUT2D eigenvalue weighted by molar-refractivity contribution is 6.46. The van der Waals surface area contributed by atoms with Crippen LogP contribution in [0.2, 0.25) is 0 Å². The van der Waals surface area contributed by atoms with Gasteiger partial charge in [-0.25, -0.2) is 0 Å². The number of benzene rings is 2. The highest BCUT2D eigenvalue weighted by Crippen LogP contribution is 2.40. The standard InChI is InChI=1S/C27H33NO5/c1-6-14-28-24(19-8-11-21(12-9-19)32-7-2)23(26(30)27(28)31)25(29)20-10-13-22(18(5)15-20)33-16-17(3)4/h8-13,15,17,24,29H,6-7,14,16H2,1-5H3/b25-23-. The maximum absolute atomic E-state index is 13.0. The van der Waals surface area contributed by atoms with Gasteiger partial charge in [-0.05, 0) is 67.6 Å². The van der Waals surface area contributed by atoms with E-state index in [0.29, 0.717) is 43.4 Å². The number of carbonyl (C=O) groups is 2. The molecule has 1 aliphatic rings. The smallest absolute Gasteiger partial charge is 0.295 e. The van der Waals surface area contributed by atoms with Gasteiger partial charge < -0.3 is 19.5 Å². The number of amides is 1. The fourth-order valence-electron chi connectivity index (χ4n) is 3.98. The number of likely N-dealkylation sites (tertiary alicyclic amines) is 1. The second-order valence-corrected chi connectivity index (χ2v) is 8.68. The first kappa shape index (κ1) is 24.4. The monoisotopic (exact) mass is 451 g/mol. The van der Waals surface area contributed by atoms with E-state index < -0.39 is 17.7 Å². The second-order valence-electron chi connectivity index (χ2n) is 8.68. The summed E-state index contributed by atoms with van der Waals surface area (Å²) < 4.78 is 11.4. The Balaban J connectivity index is 2.05. The summed E-state index contributed by atoms with van der Waals surface area (Å²) in [6, 6.07) is 12.0. The van der Waals surface area contributed by atoms with E-state index in [-0.39, 0.29) is 11.3 Å². The number of ether oxygens (including phenoxy) is 2. The first-order chi connectivity index (χ1) is 15.8. The quantitative estimate of drug-likeness (QED) is 0.320. The zero-order valence-corrected chi connectivity index (χ0v) is 20.1. The lowest BCUT2D eigenvalue weighted by Gasteiger charge is -2.25. The van der Waals surface area contributed by atoms with Crippen molar-refractivity contribution in [3.05, 3.63) is 64.7 Å². The Bertz CT molecular complexity index is 1040. The number of carbonyl (C=O) groups excluding carboxylic acids is 2. The molecule has 1 saturated heterocycles. The normalized spacial score (nSPS) is 17.6. The fraction of sp³-hybridized carbons (Fsp3) is 0.407. The summed E-state index contributed by atoms with van der Waals surface area (Å²) in [5.41, 5.74) is 2.18. The van der Waals surface area contributed by atoms with Crippen molar-refractivity contribution in [1.82, 2.24) is 4.90 Å². The molecule has 0 radical (unpaired) electrons. The number of nitrogens with zero attached hydrogens (tertiary/aromatic N) is 1. The molecule has 1 unspecified atom stereocenters. The van der Waals surface area contributed by atoms with Crippen LogP contribution in [0.4, 0.5) is 0 Å².